The van der Waals surface area contributed by atoms with Gasteiger partial charge in [0.2, 0.25) is 5.91 Å². The summed E-state index contributed by atoms with van der Waals surface area (Å²) in [5, 5.41) is 0. The Morgan fingerprint density at radius 1 is 1.32 bits per heavy atom. The van der Waals surface area contributed by atoms with Crippen LogP contribution in [0.25, 0.3) is 5.57 Å². The lowest BCUT2D eigenvalue weighted by Gasteiger charge is -2.20. The van der Waals surface area contributed by atoms with Gasteiger partial charge in [-0.1, -0.05) is 43.3 Å². The minimum absolute atomic E-state index is 0.317. The summed E-state index contributed by atoms with van der Waals surface area (Å²) in [6, 6.07) is 10.3. The maximum atomic E-state index is 12.1. The fraction of sp³-hybridized carbons (Fsp3) is 0.471. The lowest BCUT2D eigenvalue weighted by atomic mass is 10.1. The quantitative estimate of drug-likeness (QED) is 0.760. The third-order valence-electron chi connectivity index (χ3n) is 3.58. The maximum Gasteiger partial charge on any atom is 0.225 e. The van der Waals surface area contributed by atoms with Crippen LogP contribution in [0.4, 0.5) is 0 Å². The van der Waals surface area contributed by atoms with Crippen molar-refractivity contribution in [1.29, 1.82) is 0 Å². The van der Waals surface area contributed by atoms with Crippen molar-refractivity contribution in [3.05, 3.63) is 42.0 Å². The molecule has 0 unspecified atom stereocenters. The number of hydrogen-bond donors (Lipinski definition) is 0. The molecule has 0 aliphatic heterocycles. The third kappa shape index (κ3) is 3.95. The van der Waals surface area contributed by atoms with Gasteiger partial charge in [0.05, 0.1) is 0 Å². The Morgan fingerprint density at radius 3 is 2.58 bits per heavy atom. The van der Waals surface area contributed by atoms with Crippen LogP contribution in [0.3, 0.4) is 0 Å². The lowest BCUT2D eigenvalue weighted by Crippen LogP contribution is -2.33. The van der Waals surface area contributed by atoms with Gasteiger partial charge in [-0.05, 0) is 37.3 Å². The van der Waals surface area contributed by atoms with Crippen molar-refractivity contribution in [3.63, 3.8) is 0 Å². The molecule has 2 nitrogen and oxygen atoms in total. The van der Waals surface area contributed by atoms with E-state index >= 15 is 0 Å². The molecule has 1 saturated carbocycles. The first kappa shape index (κ1) is 13.9. The zero-order chi connectivity index (χ0) is 13.7. The normalized spacial score (nSPS) is 15.4. The third-order valence-corrected chi connectivity index (χ3v) is 3.58. The van der Waals surface area contributed by atoms with Gasteiger partial charge in [-0.25, -0.2) is 0 Å². The molecule has 0 atom stereocenters. The Balaban J connectivity index is 1.99. The van der Waals surface area contributed by atoms with Gasteiger partial charge in [-0.2, -0.15) is 0 Å². The van der Waals surface area contributed by atoms with Crippen LogP contribution in [0.15, 0.2) is 36.4 Å². The van der Waals surface area contributed by atoms with Crippen molar-refractivity contribution in [2.75, 3.05) is 13.1 Å². The summed E-state index contributed by atoms with van der Waals surface area (Å²) in [5.74, 6) is 0.663. The molecule has 0 saturated heterocycles. The van der Waals surface area contributed by atoms with Gasteiger partial charge in [0, 0.05) is 19.0 Å². The summed E-state index contributed by atoms with van der Waals surface area (Å²) in [6.45, 7) is 5.85. The molecular formula is C17H23NO. The van der Waals surface area contributed by atoms with Crippen molar-refractivity contribution in [2.45, 2.75) is 33.1 Å². The van der Waals surface area contributed by atoms with E-state index in [1.165, 1.54) is 11.1 Å². The summed E-state index contributed by atoms with van der Waals surface area (Å²) in [7, 11) is 0. The van der Waals surface area contributed by atoms with Gasteiger partial charge in [0.15, 0.2) is 0 Å². The van der Waals surface area contributed by atoms with E-state index < -0.39 is 0 Å². The van der Waals surface area contributed by atoms with Crippen LogP contribution >= 0.6 is 0 Å². The predicted molar refractivity (Wildman–Crippen MR) is 79.7 cm³/mol. The first-order chi connectivity index (χ1) is 9.22. The smallest absolute Gasteiger partial charge is 0.225 e. The summed E-state index contributed by atoms with van der Waals surface area (Å²) in [6.07, 6.45) is 5.36. The lowest BCUT2D eigenvalue weighted by molar-refractivity contribution is -0.132. The van der Waals surface area contributed by atoms with Crippen LogP contribution in [0.5, 0.6) is 0 Å². The SMILES string of the molecule is CCCN(C/C=C(/C)c1ccccc1)C(=O)C1CC1. The van der Waals surface area contributed by atoms with Crippen LogP contribution in [0.1, 0.15) is 38.7 Å². The molecule has 1 aromatic rings. The monoisotopic (exact) mass is 257 g/mol. The molecule has 102 valence electrons. The zero-order valence-electron chi connectivity index (χ0n) is 11.9. The van der Waals surface area contributed by atoms with Crippen molar-refractivity contribution < 1.29 is 4.79 Å². The molecule has 0 aromatic heterocycles. The Hall–Kier alpha value is -1.57. The second kappa shape index (κ2) is 6.55. The molecule has 1 aliphatic carbocycles. The van der Waals surface area contributed by atoms with Gasteiger partial charge in [0.25, 0.3) is 0 Å². The molecule has 2 rings (SSSR count). The Labute approximate surface area is 116 Å². The van der Waals surface area contributed by atoms with E-state index in [4.69, 9.17) is 0 Å². The van der Waals surface area contributed by atoms with E-state index in [0.29, 0.717) is 11.8 Å². The molecular weight excluding hydrogens is 234 g/mol. The Morgan fingerprint density at radius 2 is 2.00 bits per heavy atom. The first-order valence-corrected chi connectivity index (χ1v) is 7.23. The summed E-state index contributed by atoms with van der Waals surface area (Å²) in [4.78, 5) is 14.1. The van der Waals surface area contributed by atoms with Crippen molar-refractivity contribution >= 4 is 11.5 Å². The summed E-state index contributed by atoms with van der Waals surface area (Å²) in [5.41, 5.74) is 2.48. The van der Waals surface area contributed by atoms with Gasteiger partial charge in [-0.15, -0.1) is 0 Å². The molecule has 0 bridgehead atoms. The maximum absolute atomic E-state index is 12.1. The average Bonchev–Trinajstić information content (AvgIpc) is 3.28. The second-order valence-electron chi connectivity index (χ2n) is 5.31. The van der Waals surface area contributed by atoms with E-state index in [1.807, 2.05) is 23.1 Å². The number of allylic oxidation sites excluding steroid dienone is 1. The van der Waals surface area contributed by atoms with Crippen molar-refractivity contribution in [1.82, 2.24) is 4.90 Å². The number of hydrogen-bond acceptors (Lipinski definition) is 1. The predicted octanol–water partition coefficient (Wildman–Crippen LogP) is 3.74. The fourth-order valence-corrected chi connectivity index (χ4v) is 2.22. The fourth-order valence-electron chi connectivity index (χ4n) is 2.22. The highest BCUT2D eigenvalue weighted by molar-refractivity contribution is 5.81. The molecule has 2 heteroatoms. The minimum atomic E-state index is 0.317. The average molecular weight is 257 g/mol. The Kier molecular flexibility index (Phi) is 4.78. The molecule has 1 fully saturated rings. The molecule has 0 radical (unpaired) electrons. The molecule has 0 N–H and O–H groups in total. The molecule has 1 amide bonds. The van der Waals surface area contributed by atoms with Crippen LogP contribution in [0.2, 0.25) is 0 Å². The van der Waals surface area contributed by atoms with Gasteiger partial charge >= 0.3 is 0 Å². The van der Waals surface area contributed by atoms with Gasteiger partial charge < -0.3 is 4.90 Å². The second-order valence-corrected chi connectivity index (χ2v) is 5.31. The van der Waals surface area contributed by atoms with Crippen LogP contribution in [-0.2, 0) is 4.79 Å². The summed E-state index contributed by atoms with van der Waals surface area (Å²) >= 11 is 0. The molecule has 0 heterocycles. The van der Waals surface area contributed by atoms with E-state index in [0.717, 1.165) is 32.4 Å². The Bertz CT molecular complexity index is 446. The highest BCUT2D eigenvalue weighted by Gasteiger charge is 2.32. The first-order valence-electron chi connectivity index (χ1n) is 7.23. The molecule has 1 aliphatic rings. The molecule has 1 aromatic carbocycles. The van der Waals surface area contributed by atoms with Crippen LogP contribution < -0.4 is 0 Å². The number of amides is 1. The van der Waals surface area contributed by atoms with Gasteiger partial charge in [-0.3, -0.25) is 4.79 Å². The van der Waals surface area contributed by atoms with Crippen LogP contribution in [0, 0.1) is 5.92 Å². The summed E-state index contributed by atoms with van der Waals surface area (Å²) < 4.78 is 0. The number of carbonyl (C=O) groups is 1. The van der Waals surface area contributed by atoms with E-state index in [1.54, 1.807) is 0 Å². The topological polar surface area (TPSA) is 20.3 Å². The standard InChI is InChI=1S/C17H23NO/c1-3-12-18(17(19)16-9-10-16)13-11-14(2)15-7-5-4-6-8-15/h4-8,11,16H,3,9-10,12-13H2,1-2H3/b14-11-. The van der Waals surface area contributed by atoms with Gasteiger partial charge in [0.1, 0.15) is 0 Å². The van der Waals surface area contributed by atoms with Crippen molar-refractivity contribution in [3.8, 4) is 0 Å². The minimum Gasteiger partial charge on any atom is -0.339 e. The van der Waals surface area contributed by atoms with E-state index in [2.05, 4.69) is 32.1 Å². The van der Waals surface area contributed by atoms with Crippen molar-refractivity contribution in [2.24, 2.45) is 5.92 Å². The largest absolute Gasteiger partial charge is 0.339 e. The highest BCUT2D eigenvalue weighted by Crippen LogP contribution is 2.31. The number of benzene rings is 1. The number of nitrogens with zero attached hydrogens (tertiary/aromatic N) is 1. The zero-order valence-corrected chi connectivity index (χ0v) is 11.9. The number of rotatable bonds is 6. The van der Waals surface area contributed by atoms with E-state index in [9.17, 15) is 4.79 Å². The highest BCUT2D eigenvalue weighted by atomic mass is 16.2. The van der Waals surface area contributed by atoms with Crippen LogP contribution in [-0.4, -0.2) is 23.9 Å². The molecule has 0 spiro atoms. The number of carbonyl (C=O) groups excluding carboxylic acids is 1. The van der Waals surface area contributed by atoms with E-state index in [-0.39, 0.29) is 0 Å². The molecule has 19 heavy (non-hydrogen) atoms.